The van der Waals surface area contributed by atoms with Crippen molar-refractivity contribution in [3.63, 3.8) is 0 Å². The molecule has 4 nitrogen and oxygen atoms in total. The molecule has 0 saturated carbocycles. The Hall–Kier alpha value is -1.10. The van der Waals surface area contributed by atoms with Crippen LogP contribution in [0.1, 0.15) is 31.2 Å². The van der Waals surface area contributed by atoms with E-state index in [2.05, 4.69) is 15.5 Å². The molecule has 1 aliphatic rings. The van der Waals surface area contributed by atoms with E-state index in [0.717, 1.165) is 18.5 Å². The molecule has 1 saturated heterocycles. The summed E-state index contributed by atoms with van der Waals surface area (Å²) in [4.78, 5) is 4.43. The molecule has 19 heavy (non-hydrogen) atoms. The second-order valence-corrected chi connectivity index (χ2v) is 5.49. The first-order valence-electron chi connectivity index (χ1n) is 6.26. The monoisotopic (exact) mass is 297 g/mol. The predicted molar refractivity (Wildman–Crippen MR) is 74.3 cm³/mol. The third-order valence-corrected chi connectivity index (χ3v) is 3.61. The van der Waals surface area contributed by atoms with Gasteiger partial charge in [-0.3, -0.25) is 0 Å². The Morgan fingerprint density at radius 2 is 1.95 bits per heavy atom. The molecule has 1 aliphatic heterocycles. The van der Waals surface area contributed by atoms with Crippen molar-refractivity contribution in [2.75, 3.05) is 6.54 Å². The van der Waals surface area contributed by atoms with E-state index in [9.17, 15) is 0 Å². The third kappa shape index (κ3) is 2.91. The van der Waals surface area contributed by atoms with E-state index in [1.807, 2.05) is 0 Å². The summed E-state index contributed by atoms with van der Waals surface area (Å²) >= 11 is 11.9. The minimum absolute atomic E-state index is 0.157. The molecule has 1 aromatic heterocycles. The zero-order chi connectivity index (χ0) is 13.2. The highest BCUT2D eigenvalue weighted by Crippen LogP contribution is 2.27. The average Bonchev–Trinajstić information content (AvgIpc) is 2.88. The molecule has 1 N–H and O–H groups in total. The minimum Gasteiger partial charge on any atom is -0.337 e. The van der Waals surface area contributed by atoms with Crippen molar-refractivity contribution in [3.8, 4) is 11.4 Å². The van der Waals surface area contributed by atoms with Gasteiger partial charge in [0.25, 0.3) is 0 Å². The van der Waals surface area contributed by atoms with Gasteiger partial charge in [0.1, 0.15) is 0 Å². The van der Waals surface area contributed by atoms with Gasteiger partial charge in [-0.1, -0.05) is 34.8 Å². The first-order chi connectivity index (χ1) is 9.22. The van der Waals surface area contributed by atoms with Crippen LogP contribution in [0.2, 0.25) is 10.0 Å². The highest BCUT2D eigenvalue weighted by molar-refractivity contribution is 6.35. The average molecular weight is 298 g/mol. The van der Waals surface area contributed by atoms with Gasteiger partial charge in [0.05, 0.1) is 6.04 Å². The summed E-state index contributed by atoms with van der Waals surface area (Å²) in [5, 5.41) is 8.49. The quantitative estimate of drug-likeness (QED) is 0.914. The number of hydrogen-bond donors (Lipinski definition) is 1. The maximum atomic E-state index is 5.97. The van der Waals surface area contributed by atoms with Crippen LogP contribution in [0.4, 0.5) is 0 Å². The van der Waals surface area contributed by atoms with Crippen LogP contribution in [0.5, 0.6) is 0 Å². The first-order valence-corrected chi connectivity index (χ1v) is 7.01. The van der Waals surface area contributed by atoms with Gasteiger partial charge in [-0.05, 0) is 37.6 Å². The molecule has 2 heterocycles. The van der Waals surface area contributed by atoms with Crippen LogP contribution in [0, 0.1) is 0 Å². The second kappa shape index (κ2) is 5.49. The molecule has 1 fully saturated rings. The molecule has 6 heteroatoms. The summed E-state index contributed by atoms with van der Waals surface area (Å²) in [6.45, 7) is 0.991. The fourth-order valence-corrected chi connectivity index (χ4v) is 2.77. The normalized spacial score (nSPS) is 19.6. The minimum atomic E-state index is 0.157. The Bertz CT molecular complexity index is 559. The lowest BCUT2D eigenvalue weighted by Gasteiger charge is -2.19. The van der Waals surface area contributed by atoms with E-state index < -0.39 is 0 Å². The maximum Gasteiger partial charge on any atom is 0.244 e. The lowest BCUT2D eigenvalue weighted by atomic mass is 10.1. The van der Waals surface area contributed by atoms with Gasteiger partial charge in [0, 0.05) is 15.6 Å². The van der Waals surface area contributed by atoms with Crippen LogP contribution < -0.4 is 5.32 Å². The van der Waals surface area contributed by atoms with Gasteiger partial charge in [0.15, 0.2) is 0 Å². The highest BCUT2D eigenvalue weighted by Gasteiger charge is 2.21. The van der Waals surface area contributed by atoms with Crippen LogP contribution in [0.25, 0.3) is 11.4 Å². The molecule has 0 unspecified atom stereocenters. The van der Waals surface area contributed by atoms with E-state index >= 15 is 0 Å². The summed E-state index contributed by atoms with van der Waals surface area (Å²) in [6.07, 6.45) is 3.40. The molecule has 2 aromatic rings. The van der Waals surface area contributed by atoms with Gasteiger partial charge in [-0.2, -0.15) is 4.98 Å². The fourth-order valence-electron chi connectivity index (χ4n) is 2.24. The molecular weight excluding hydrogens is 285 g/mol. The fraction of sp³-hybridized carbons (Fsp3) is 0.385. The zero-order valence-corrected chi connectivity index (χ0v) is 11.7. The topological polar surface area (TPSA) is 51.0 Å². The van der Waals surface area contributed by atoms with E-state index in [-0.39, 0.29) is 6.04 Å². The SMILES string of the molecule is Clc1cc(Cl)cc(-c2noc([C@@H]3CCCCN3)n2)c1. The molecule has 100 valence electrons. The van der Waals surface area contributed by atoms with Crippen molar-refractivity contribution in [2.45, 2.75) is 25.3 Å². The Balaban J connectivity index is 1.87. The number of rotatable bonds is 2. The highest BCUT2D eigenvalue weighted by atomic mass is 35.5. The number of benzene rings is 1. The Kier molecular flexibility index (Phi) is 3.73. The van der Waals surface area contributed by atoms with Gasteiger partial charge in [-0.15, -0.1) is 0 Å². The van der Waals surface area contributed by atoms with Crippen LogP contribution >= 0.6 is 23.2 Å². The van der Waals surface area contributed by atoms with Crippen LogP contribution in [-0.4, -0.2) is 16.7 Å². The van der Waals surface area contributed by atoms with Crippen molar-refractivity contribution in [1.29, 1.82) is 0 Å². The molecule has 0 radical (unpaired) electrons. The van der Waals surface area contributed by atoms with Gasteiger partial charge in [0.2, 0.25) is 11.7 Å². The lowest BCUT2D eigenvalue weighted by Crippen LogP contribution is -2.26. The molecule has 3 rings (SSSR count). The van der Waals surface area contributed by atoms with E-state index in [4.69, 9.17) is 27.7 Å². The first kappa shape index (κ1) is 12.9. The molecule has 0 bridgehead atoms. The molecule has 1 aromatic carbocycles. The van der Waals surface area contributed by atoms with Crippen molar-refractivity contribution >= 4 is 23.2 Å². The van der Waals surface area contributed by atoms with Gasteiger partial charge in [-0.25, -0.2) is 0 Å². The van der Waals surface area contributed by atoms with Crippen LogP contribution in [-0.2, 0) is 0 Å². The zero-order valence-electron chi connectivity index (χ0n) is 10.2. The van der Waals surface area contributed by atoms with Crippen molar-refractivity contribution < 1.29 is 4.52 Å². The Labute approximate surface area is 121 Å². The summed E-state index contributed by atoms with van der Waals surface area (Å²) in [5.41, 5.74) is 0.767. The number of halogens is 2. The van der Waals surface area contributed by atoms with E-state index in [0.29, 0.717) is 21.8 Å². The summed E-state index contributed by atoms with van der Waals surface area (Å²) < 4.78 is 5.33. The second-order valence-electron chi connectivity index (χ2n) is 4.62. The number of piperidine rings is 1. The Morgan fingerprint density at radius 1 is 1.16 bits per heavy atom. The molecular formula is C13H13Cl2N3O. The Morgan fingerprint density at radius 3 is 2.63 bits per heavy atom. The third-order valence-electron chi connectivity index (χ3n) is 3.17. The lowest BCUT2D eigenvalue weighted by molar-refractivity contribution is 0.297. The van der Waals surface area contributed by atoms with E-state index in [1.165, 1.54) is 12.8 Å². The van der Waals surface area contributed by atoms with Gasteiger partial charge < -0.3 is 9.84 Å². The smallest absolute Gasteiger partial charge is 0.244 e. The van der Waals surface area contributed by atoms with Crippen molar-refractivity contribution in [1.82, 2.24) is 15.5 Å². The number of aromatic nitrogens is 2. The van der Waals surface area contributed by atoms with Crippen molar-refractivity contribution in [3.05, 3.63) is 34.1 Å². The van der Waals surface area contributed by atoms with Gasteiger partial charge >= 0.3 is 0 Å². The number of hydrogen-bond acceptors (Lipinski definition) is 4. The van der Waals surface area contributed by atoms with Crippen LogP contribution in [0.15, 0.2) is 22.7 Å². The maximum absolute atomic E-state index is 5.97. The molecule has 0 spiro atoms. The summed E-state index contributed by atoms with van der Waals surface area (Å²) in [6, 6.07) is 5.38. The molecule has 0 aliphatic carbocycles. The molecule has 0 amide bonds. The summed E-state index contributed by atoms with van der Waals surface area (Å²) in [7, 11) is 0. The number of nitrogens with zero attached hydrogens (tertiary/aromatic N) is 2. The number of nitrogens with one attached hydrogen (secondary N) is 1. The largest absolute Gasteiger partial charge is 0.337 e. The van der Waals surface area contributed by atoms with Crippen molar-refractivity contribution in [2.24, 2.45) is 0 Å². The standard InChI is InChI=1S/C13H13Cl2N3O/c14-9-5-8(6-10(15)7-9)12-17-13(19-18-12)11-3-1-2-4-16-11/h5-7,11,16H,1-4H2/t11-/m0/s1. The molecule has 1 atom stereocenters. The predicted octanol–water partition coefficient (Wildman–Crippen LogP) is 3.86. The van der Waals surface area contributed by atoms with Crippen LogP contribution in [0.3, 0.4) is 0 Å². The summed E-state index contributed by atoms with van der Waals surface area (Å²) in [5.74, 6) is 1.15. The van der Waals surface area contributed by atoms with E-state index in [1.54, 1.807) is 18.2 Å².